The van der Waals surface area contributed by atoms with Crippen molar-refractivity contribution >= 4 is 50.6 Å². The first-order chi connectivity index (χ1) is 8.65. The summed E-state index contributed by atoms with van der Waals surface area (Å²) in [6, 6.07) is 12.3. The lowest BCUT2D eigenvalue weighted by molar-refractivity contribution is 0.103. The van der Waals surface area contributed by atoms with Gasteiger partial charge in [-0.3, -0.25) is 9.59 Å². The molecule has 0 aliphatic carbocycles. The molecular formula is C14H7BrIO2. The maximum absolute atomic E-state index is 12.4. The maximum atomic E-state index is 12.4. The van der Waals surface area contributed by atoms with E-state index in [1.54, 1.807) is 30.3 Å². The fourth-order valence-electron chi connectivity index (χ4n) is 1.58. The molecule has 2 aromatic carbocycles. The van der Waals surface area contributed by atoms with Gasteiger partial charge in [0.25, 0.3) is 0 Å². The Labute approximate surface area is 127 Å². The van der Waals surface area contributed by atoms with Crippen molar-refractivity contribution in [2.24, 2.45) is 0 Å². The molecule has 2 nitrogen and oxygen atoms in total. The van der Waals surface area contributed by atoms with Crippen LogP contribution in [0.5, 0.6) is 0 Å². The lowest BCUT2D eigenvalue weighted by atomic mass is 10.0. The molecule has 0 saturated heterocycles. The molecule has 4 heteroatoms. The topological polar surface area (TPSA) is 34.1 Å². The third-order valence-corrected chi connectivity index (χ3v) is 4.33. The second-order valence-corrected chi connectivity index (χ2v) is 5.51. The third kappa shape index (κ3) is 2.54. The van der Waals surface area contributed by atoms with Gasteiger partial charge < -0.3 is 0 Å². The molecule has 0 amide bonds. The summed E-state index contributed by atoms with van der Waals surface area (Å²) in [6.07, 6.45) is 1.84. The summed E-state index contributed by atoms with van der Waals surface area (Å²) in [4.78, 5) is 23.1. The molecule has 2 aromatic rings. The van der Waals surface area contributed by atoms with Crippen molar-refractivity contribution in [3.8, 4) is 0 Å². The Kier molecular flexibility index (Phi) is 4.29. The van der Waals surface area contributed by atoms with Gasteiger partial charge in [0.2, 0.25) is 6.29 Å². The minimum Gasteiger partial charge on any atom is -0.289 e. The second-order valence-electron chi connectivity index (χ2n) is 3.58. The molecule has 18 heavy (non-hydrogen) atoms. The molecule has 89 valence electrons. The van der Waals surface area contributed by atoms with Crippen molar-refractivity contribution in [3.05, 3.63) is 67.2 Å². The number of rotatable bonds is 3. The maximum Gasteiger partial charge on any atom is 0.234 e. The van der Waals surface area contributed by atoms with E-state index in [-0.39, 0.29) is 5.78 Å². The average Bonchev–Trinajstić information content (AvgIpc) is 2.39. The fourth-order valence-corrected chi connectivity index (χ4v) is 2.76. The van der Waals surface area contributed by atoms with E-state index in [0.717, 1.165) is 4.47 Å². The molecule has 0 fully saturated rings. The van der Waals surface area contributed by atoms with Crippen LogP contribution in [0.4, 0.5) is 0 Å². The molecule has 0 bridgehead atoms. The van der Waals surface area contributed by atoms with Gasteiger partial charge in [-0.05, 0) is 46.9 Å². The van der Waals surface area contributed by atoms with E-state index in [1.807, 2.05) is 41.0 Å². The highest BCUT2D eigenvalue weighted by atomic mass is 127. The number of carbonyl (C=O) groups excluding carboxylic acids is 2. The minimum atomic E-state index is -0.107. The Morgan fingerprint density at radius 1 is 1.06 bits per heavy atom. The van der Waals surface area contributed by atoms with Crippen molar-refractivity contribution in [1.29, 1.82) is 0 Å². The smallest absolute Gasteiger partial charge is 0.234 e. The molecule has 0 aromatic heterocycles. The Bertz CT molecular complexity index is 623. The third-order valence-electron chi connectivity index (χ3n) is 2.47. The summed E-state index contributed by atoms with van der Waals surface area (Å²) in [5.74, 6) is -0.107. The molecule has 0 spiro atoms. The van der Waals surface area contributed by atoms with Gasteiger partial charge in [0.1, 0.15) is 0 Å². The van der Waals surface area contributed by atoms with Crippen LogP contribution in [-0.4, -0.2) is 12.1 Å². The van der Waals surface area contributed by atoms with Gasteiger partial charge in [0.05, 0.1) is 0 Å². The number of hydrogen-bond donors (Lipinski definition) is 0. The SMILES string of the molecule is O=[C]c1cccc(C(=O)c2ccccc2Br)c1I. The van der Waals surface area contributed by atoms with Crippen molar-refractivity contribution in [2.75, 3.05) is 0 Å². The largest absolute Gasteiger partial charge is 0.289 e. The zero-order chi connectivity index (χ0) is 13.1. The predicted molar refractivity (Wildman–Crippen MR) is 81.5 cm³/mol. The Hall–Kier alpha value is -1.01. The molecule has 0 aliphatic heterocycles. The van der Waals surface area contributed by atoms with Crippen molar-refractivity contribution in [3.63, 3.8) is 0 Å². The summed E-state index contributed by atoms with van der Waals surface area (Å²) in [5, 5.41) is 0. The van der Waals surface area contributed by atoms with E-state index < -0.39 is 0 Å². The summed E-state index contributed by atoms with van der Waals surface area (Å²) in [6.45, 7) is 0. The molecule has 0 saturated carbocycles. The molecule has 0 aliphatic rings. The summed E-state index contributed by atoms with van der Waals surface area (Å²) >= 11 is 5.35. The number of hydrogen-bond acceptors (Lipinski definition) is 2. The van der Waals surface area contributed by atoms with Gasteiger partial charge in [-0.15, -0.1) is 0 Å². The van der Waals surface area contributed by atoms with Crippen LogP contribution in [0.25, 0.3) is 0 Å². The van der Waals surface area contributed by atoms with E-state index >= 15 is 0 Å². The molecule has 2 rings (SSSR count). The van der Waals surface area contributed by atoms with E-state index in [2.05, 4.69) is 15.9 Å². The highest BCUT2D eigenvalue weighted by Crippen LogP contribution is 2.23. The number of benzene rings is 2. The highest BCUT2D eigenvalue weighted by molar-refractivity contribution is 14.1. The zero-order valence-electron chi connectivity index (χ0n) is 9.11. The molecule has 1 radical (unpaired) electrons. The molecule has 0 heterocycles. The Morgan fingerprint density at radius 3 is 2.39 bits per heavy atom. The van der Waals surface area contributed by atoms with Crippen molar-refractivity contribution in [1.82, 2.24) is 0 Å². The second kappa shape index (κ2) is 5.75. The Morgan fingerprint density at radius 2 is 1.72 bits per heavy atom. The van der Waals surface area contributed by atoms with E-state index in [0.29, 0.717) is 20.3 Å². The summed E-state index contributed by atoms with van der Waals surface area (Å²) in [7, 11) is 0. The first-order valence-electron chi connectivity index (χ1n) is 5.11. The Balaban J connectivity index is 2.54. The highest BCUT2D eigenvalue weighted by Gasteiger charge is 2.16. The van der Waals surface area contributed by atoms with E-state index in [9.17, 15) is 9.59 Å². The first kappa shape index (κ1) is 13.4. The summed E-state index contributed by atoms with van der Waals surface area (Å²) in [5.41, 5.74) is 1.51. The average molecular weight is 414 g/mol. The monoisotopic (exact) mass is 413 g/mol. The van der Waals surface area contributed by atoms with E-state index in [4.69, 9.17) is 0 Å². The quantitative estimate of drug-likeness (QED) is 0.567. The van der Waals surface area contributed by atoms with Gasteiger partial charge in [0.15, 0.2) is 5.78 Å². The van der Waals surface area contributed by atoms with Crippen molar-refractivity contribution < 1.29 is 9.59 Å². The molecule has 0 N–H and O–H groups in total. The van der Waals surface area contributed by atoms with Gasteiger partial charge in [-0.25, -0.2) is 0 Å². The normalized spacial score (nSPS) is 10.1. The van der Waals surface area contributed by atoms with Crippen LogP contribution in [0.2, 0.25) is 0 Å². The number of carbonyl (C=O) groups is 1. The van der Waals surface area contributed by atoms with Gasteiger partial charge in [-0.1, -0.05) is 34.1 Å². The fraction of sp³-hybridized carbons (Fsp3) is 0. The van der Waals surface area contributed by atoms with Crippen LogP contribution in [0.3, 0.4) is 0 Å². The lowest BCUT2D eigenvalue weighted by Crippen LogP contribution is -2.06. The first-order valence-corrected chi connectivity index (χ1v) is 6.98. The van der Waals surface area contributed by atoms with Crippen LogP contribution in [-0.2, 0) is 4.79 Å². The van der Waals surface area contributed by atoms with Crippen LogP contribution < -0.4 is 0 Å². The molecule has 0 atom stereocenters. The number of ketones is 1. The standard InChI is InChI=1S/C14H7BrIO2/c15-12-7-2-1-5-10(12)14(18)11-6-3-4-9(8-17)13(11)16/h1-7H. The zero-order valence-corrected chi connectivity index (χ0v) is 12.9. The lowest BCUT2D eigenvalue weighted by Gasteiger charge is -2.06. The van der Waals surface area contributed by atoms with Gasteiger partial charge in [0, 0.05) is 24.7 Å². The number of halogens is 2. The predicted octanol–water partition coefficient (Wildman–Crippen LogP) is 3.74. The van der Waals surface area contributed by atoms with Gasteiger partial charge in [-0.2, -0.15) is 0 Å². The minimum absolute atomic E-state index is 0.107. The molecular weight excluding hydrogens is 407 g/mol. The van der Waals surface area contributed by atoms with E-state index in [1.165, 1.54) is 0 Å². The van der Waals surface area contributed by atoms with Crippen LogP contribution in [0, 0.1) is 3.57 Å². The van der Waals surface area contributed by atoms with Crippen molar-refractivity contribution in [2.45, 2.75) is 0 Å². The van der Waals surface area contributed by atoms with Crippen LogP contribution >= 0.6 is 38.5 Å². The van der Waals surface area contributed by atoms with Crippen LogP contribution in [0.1, 0.15) is 21.5 Å². The van der Waals surface area contributed by atoms with Gasteiger partial charge >= 0.3 is 0 Å². The molecule has 0 unspecified atom stereocenters. The van der Waals surface area contributed by atoms with Crippen LogP contribution in [0.15, 0.2) is 46.9 Å². The summed E-state index contributed by atoms with van der Waals surface area (Å²) < 4.78 is 1.37.